The van der Waals surface area contributed by atoms with Crippen LogP contribution in [0.15, 0.2) is 103 Å². The first-order valence-electron chi connectivity index (χ1n) is 12.3. The van der Waals surface area contributed by atoms with Crippen LogP contribution < -0.4 is 5.32 Å². The summed E-state index contributed by atoms with van der Waals surface area (Å²) in [6.45, 7) is 1.04. The molecule has 0 amide bonds. The SMILES string of the molecule is Fc1cc(F)c(COCC2CC(SC(c3ccccc3)(c3ccccc3)c3ccccc3)CN2)cc1F. The van der Waals surface area contributed by atoms with E-state index >= 15 is 0 Å². The third kappa shape index (κ3) is 5.61. The van der Waals surface area contributed by atoms with Crippen LogP contribution >= 0.6 is 11.8 Å². The van der Waals surface area contributed by atoms with E-state index in [2.05, 4.69) is 78.1 Å². The highest BCUT2D eigenvalue weighted by Gasteiger charge is 2.41. The summed E-state index contributed by atoms with van der Waals surface area (Å²) in [6, 6.07) is 33.2. The van der Waals surface area contributed by atoms with Crippen LogP contribution in [0.25, 0.3) is 0 Å². The number of rotatable bonds is 9. The number of ether oxygens (including phenoxy) is 1. The van der Waals surface area contributed by atoms with Crippen molar-refractivity contribution in [2.24, 2.45) is 0 Å². The fourth-order valence-electron chi connectivity index (χ4n) is 4.96. The lowest BCUT2D eigenvalue weighted by Crippen LogP contribution is -2.29. The van der Waals surface area contributed by atoms with Gasteiger partial charge >= 0.3 is 0 Å². The van der Waals surface area contributed by atoms with Crippen molar-refractivity contribution in [3.8, 4) is 0 Å². The summed E-state index contributed by atoms with van der Waals surface area (Å²) in [4.78, 5) is 0. The molecule has 2 nitrogen and oxygen atoms in total. The molecule has 0 aromatic heterocycles. The molecule has 5 rings (SSSR count). The van der Waals surface area contributed by atoms with Crippen molar-refractivity contribution in [3.05, 3.63) is 143 Å². The molecule has 1 aliphatic rings. The van der Waals surface area contributed by atoms with Crippen molar-refractivity contribution in [2.45, 2.75) is 29.1 Å². The van der Waals surface area contributed by atoms with E-state index in [0.717, 1.165) is 19.0 Å². The van der Waals surface area contributed by atoms with Gasteiger partial charge in [-0.3, -0.25) is 0 Å². The Labute approximate surface area is 219 Å². The standard InChI is InChI=1S/C31H28F3NOS/c32-28-18-30(34)29(33)16-22(28)20-36-21-26-17-27(19-35-26)37-31(23-10-4-1-5-11-23,24-12-6-2-7-13-24)25-14-8-3-9-15-25/h1-16,18,26-27,35H,17,19-21H2. The Kier molecular flexibility index (Phi) is 7.99. The Morgan fingerprint density at radius 1 is 0.730 bits per heavy atom. The monoisotopic (exact) mass is 519 g/mol. The van der Waals surface area contributed by atoms with Crippen LogP contribution in [0.1, 0.15) is 28.7 Å². The molecule has 4 aromatic carbocycles. The fraction of sp³-hybridized carbons (Fsp3) is 0.226. The summed E-state index contributed by atoms with van der Waals surface area (Å²) >= 11 is 1.93. The van der Waals surface area contributed by atoms with Crippen LogP contribution in [0, 0.1) is 17.5 Å². The molecule has 1 aliphatic heterocycles. The fourth-order valence-corrected chi connectivity index (χ4v) is 6.78. The minimum atomic E-state index is -1.20. The first-order chi connectivity index (χ1) is 18.1. The number of nitrogens with one attached hydrogen (secondary N) is 1. The van der Waals surface area contributed by atoms with Crippen molar-refractivity contribution < 1.29 is 17.9 Å². The molecule has 0 bridgehead atoms. The summed E-state index contributed by atoms with van der Waals surface area (Å²) in [5.74, 6) is -3.07. The zero-order chi connectivity index (χ0) is 25.7. The highest BCUT2D eigenvalue weighted by molar-refractivity contribution is 8.01. The van der Waals surface area contributed by atoms with Gasteiger partial charge in [-0.1, -0.05) is 91.0 Å². The van der Waals surface area contributed by atoms with Crippen molar-refractivity contribution in [1.82, 2.24) is 5.32 Å². The molecule has 6 heteroatoms. The van der Waals surface area contributed by atoms with E-state index in [4.69, 9.17) is 4.74 Å². The van der Waals surface area contributed by atoms with E-state index in [1.165, 1.54) is 16.7 Å². The zero-order valence-electron chi connectivity index (χ0n) is 20.2. The quantitative estimate of drug-likeness (QED) is 0.189. The molecule has 190 valence electrons. The molecule has 1 N–H and O–H groups in total. The third-order valence-electron chi connectivity index (χ3n) is 6.73. The summed E-state index contributed by atoms with van der Waals surface area (Å²) in [5, 5.41) is 3.82. The normalized spacial score (nSPS) is 17.7. The molecule has 2 unspecified atom stereocenters. The largest absolute Gasteiger partial charge is 0.375 e. The second-order valence-corrected chi connectivity index (χ2v) is 10.7. The van der Waals surface area contributed by atoms with Gasteiger partial charge in [0.25, 0.3) is 0 Å². The number of halogens is 3. The minimum absolute atomic E-state index is 0.0130. The number of hydrogen-bond donors (Lipinski definition) is 1. The Bertz CT molecular complexity index is 1210. The maximum atomic E-state index is 14.0. The average Bonchev–Trinajstić information content (AvgIpc) is 3.38. The second-order valence-electron chi connectivity index (χ2n) is 9.23. The van der Waals surface area contributed by atoms with Crippen LogP contribution in [0.3, 0.4) is 0 Å². The lowest BCUT2D eigenvalue weighted by atomic mass is 9.84. The van der Waals surface area contributed by atoms with Crippen LogP contribution in [0.4, 0.5) is 13.2 Å². The zero-order valence-corrected chi connectivity index (χ0v) is 21.1. The Morgan fingerprint density at radius 2 is 1.24 bits per heavy atom. The molecular weight excluding hydrogens is 491 g/mol. The highest BCUT2D eigenvalue weighted by atomic mass is 32.2. The van der Waals surface area contributed by atoms with Gasteiger partial charge in [-0.15, -0.1) is 11.8 Å². The van der Waals surface area contributed by atoms with E-state index in [9.17, 15) is 13.2 Å². The van der Waals surface area contributed by atoms with Gasteiger partial charge in [0, 0.05) is 29.5 Å². The molecule has 0 radical (unpaired) electrons. The maximum absolute atomic E-state index is 14.0. The smallest absolute Gasteiger partial charge is 0.161 e. The first kappa shape index (κ1) is 25.6. The van der Waals surface area contributed by atoms with Crippen molar-refractivity contribution >= 4 is 11.8 Å². The minimum Gasteiger partial charge on any atom is -0.375 e. The van der Waals surface area contributed by atoms with Crippen molar-refractivity contribution in [2.75, 3.05) is 13.2 Å². The van der Waals surface area contributed by atoms with Crippen LogP contribution in [0.2, 0.25) is 0 Å². The number of hydrogen-bond acceptors (Lipinski definition) is 3. The Balaban J connectivity index is 1.35. The predicted molar refractivity (Wildman–Crippen MR) is 143 cm³/mol. The molecule has 4 aromatic rings. The molecule has 37 heavy (non-hydrogen) atoms. The van der Waals surface area contributed by atoms with Crippen molar-refractivity contribution in [1.29, 1.82) is 0 Å². The highest BCUT2D eigenvalue weighted by Crippen LogP contribution is 2.51. The molecule has 0 aliphatic carbocycles. The maximum Gasteiger partial charge on any atom is 0.161 e. The second kappa shape index (κ2) is 11.5. The van der Waals surface area contributed by atoms with Crippen LogP contribution in [0.5, 0.6) is 0 Å². The van der Waals surface area contributed by atoms with Gasteiger partial charge in [0.1, 0.15) is 5.82 Å². The topological polar surface area (TPSA) is 21.3 Å². The van der Waals surface area contributed by atoms with E-state index in [0.29, 0.717) is 12.7 Å². The molecule has 1 heterocycles. The van der Waals surface area contributed by atoms with E-state index in [-0.39, 0.29) is 23.5 Å². The predicted octanol–water partition coefficient (Wildman–Crippen LogP) is 7.08. The third-order valence-corrected chi connectivity index (χ3v) is 8.49. The molecule has 1 saturated heterocycles. The lowest BCUT2D eigenvalue weighted by Gasteiger charge is -2.37. The van der Waals surface area contributed by atoms with Gasteiger partial charge in [0.05, 0.1) is 18.0 Å². The van der Waals surface area contributed by atoms with Crippen LogP contribution in [-0.2, 0) is 16.1 Å². The van der Waals surface area contributed by atoms with Gasteiger partial charge in [-0.05, 0) is 29.2 Å². The Hall–Kier alpha value is -3.06. The van der Waals surface area contributed by atoms with Gasteiger partial charge < -0.3 is 10.1 Å². The van der Waals surface area contributed by atoms with Crippen LogP contribution in [-0.4, -0.2) is 24.4 Å². The van der Waals surface area contributed by atoms with E-state index < -0.39 is 22.2 Å². The van der Waals surface area contributed by atoms with Crippen molar-refractivity contribution in [3.63, 3.8) is 0 Å². The molecular formula is C31H28F3NOS. The van der Waals surface area contributed by atoms with Gasteiger partial charge in [0.2, 0.25) is 0 Å². The molecule has 2 atom stereocenters. The van der Waals surface area contributed by atoms with Gasteiger partial charge in [0.15, 0.2) is 11.6 Å². The lowest BCUT2D eigenvalue weighted by molar-refractivity contribution is 0.101. The Morgan fingerprint density at radius 3 is 1.78 bits per heavy atom. The summed E-state index contributed by atoms with van der Waals surface area (Å²) < 4.78 is 46.0. The summed E-state index contributed by atoms with van der Waals surface area (Å²) in [6.07, 6.45) is 0.860. The van der Waals surface area contributed by atoms with E-state index in [1.807, 2.05) is 30.0 Å². The summed E-state index contributed by atoms with van der Waals surface area (Å²) in [5.41, 5.74) is 3.65. The summed E-state index contributed by atoms with van der Waals surface area (Å²) in [7, 11) is 0. The molecule has 1 fully saturated rings. The van der Waals surface area contributed by atoms with E-state index in [1.54, 1.807) is 0 Å². The molecule has 0 saturated carbocycles. The average molecular weight is 520 g/mol. The number of benzene rings is 4. The van der Waals surface area contributed by atoms with Gasteiger partial charge in [-0.2, -0.15) is 0 Å². The first-order valence-corrected chi connectivity index (χ1v) is 13.2. The van der Waals surface area contributed by atoms with Gasteiger partial charge in [-0.25, -0.2) is 13.2 Å². The number of thioether (sulfide) groups is 1. The molecule has 0 spiro atoms.